The van der Waals surface area contributed by atoms with Crippen molar-refractivity contribution in [2.75, 3.05) is 26.8 Å². The molecule has 0 radical (unpaired) electrons. The first-order valence-electron chi connectivity index (χ1n) is 4.24. The van der Waals surface area contributed by atoms with Crippen molar-refractivity contribution < 1.29 is 0 Å². The summed E-state index contributed by atoms with van der Waals surface area (Å²) in [5, 5.41) is 6.72. The minimum Gasteiger partial charge on any atom is -0.370 e. The Labute approximate surface area is 67.5 Å². The molecule has 0 amide bonds. The number of nitrogens with zero attached hydrogens (tertiary/aromatic N) is 1. The third kappa shape index (κ3) is 1.33. The molecule has 0 spiro atoms. The second-order valence-corrected chi connectivity index (χ2v) is 3.29. The summed E-state index contributed by atoms with van der Waals surface area (Å²) in [5.74, 6) is 0. The van der Waals surface area contributed by atoms with Crippen LogP contribution in [-0.4, -0.2) is 31.7 Å². The summed E-state index contributed by atoms with van der Waals surface area (Å²) in [7, 11) is 2.18. The molecule has 11 heavy (non-hydrogen) atoms. The summed E-state index contributed by atoms with van der Waals surface area (Å²) in [4.78, 5) is 2.38. The van der Waals surface area contributed by atoms with Gasteiger partial charge >= 0.3 is 0 Å². The van der Waals surface area contributed by atoms with Gasteiger partial charge in [-0.1, -0.05) is 0 Å². The van der Waals surface area contributed by atoms with E-state index in [1.807, 2.05) is 0 Å². The zero-order chi connectivity index (χ0) is 7.68. The fraction of sp³-hybridized carbons (Fsp3) is 0.750. The van der Waals surface area contributed by atoms with Crippen molar-refractivity contribution in [2.45, 2.75) is 12.8 Å². The maximum atomic E-state index is 3.36. The zero-order valence-electron chi connectivity index (χ0n) is 6.98. The molecule has 2 aliphatic rings. The lowest BCUT2D eigenvalue weighted by Gasteiger charge is -2.13. The van der Waals surface area contributed by atoms with E-state index in [2.05, 4.69) is 22.6 Å². The Morgan fingerprint density at radius 3 is 2.18 bits per heavy atom. The first kappa shape index (κ1) is 6.98. The molecule has 0 bridgehead atoms. The summed E-state index contributed by atoms with van der Waals surface area (Å²) in [5.41, 5.74) is 2.88. The van der Waals surface area contributed by atoms with Crippen molar-refractivity contribution >= 4 is 0 Å². The van der Waals surface area contributed by atoms with Crippen LogP contribution >= 0.6 is 0 Å². The van der Waals surface area contributed by atoms with Crippen LogP contribution in [0.3, 0.4) is 0 Å². The molecule has 2 N–H and O–H groups in total. The molecule has 0 fully saturated rings. The molecule has 2 aliphatic heterocycles. The lowest BCUT2D eigenvalue weighted by Crippen LogP contribution is -2.24. The molecule has 0 saturated heterocycles. The number of rotatable bonds is 0. The Morgan fingerprint density at radius 1 is 1.09 bits per heavy atom. The molecule has 0 aromatic carbocycles. The van der Waals surface area contributed by atoms with E-state index in [1.165, 1.54) is 37.3 Å². The van der Waals surface area contributed by atoms with E-state index in [0.717, 1.165) is 6.67 Å². The van der Waals surface area contributed by atoms with Crippen LogP contribution in [0.4, 0.5) is 0 Å². The highest BCUT2D eigenvalue weighted by Gasteiger charge is 2.16. The van der Waals surface area contributed by atoms with Crippen LogP contribution < -0.4 is 10.6 Å². The molecule has 62 valence electrons. The van der Waals surface area contributed by atoms with Crippen molar-refractivity contribution in [2.24, 2.45) is 0 Å². The quantitative estimate of drug-likeness (QED) is 0.516. The van der Waals surface area contributed by atoms with Crippen LogP contribution in [0.15, 0.2) is 11.4 Å². The molecular formula is C8H15N3. The van der Waals surface area contributed by atoms with E-state index in [4.69, 9.17) is 0 Å². The molecule has 2 heterocycles. The zero-order valence-corrected chi connectivity index (χ0v) is 6.98. The van der Waals surface area contributed by atoms with Crippen LogP contribution in [0.2, 0.25) is 0 Å². The van der Waals surface area contributed by atoms with E-state index in [9.17, 15) is 0 Å². The highest BCUT2D eigenvalue weighted by Crippen LogP contribution is 2.15. The van der Waals surface area contributed by atoms with Crippen molar-refractivity contribution in [1.82, 2.24) is 15.5 Å². The van der Waals surface area contributed by atoms with Crippen LogP contribution in [-0.2, 0) is 0 Å². The molecule has 0 atom stereocenters. The van der Waals surface area contributed by atoms with Gasteiger partial charge in [0, 0.05) is 37.3 Å². The smallest absolute Gasteiger partial charge is 0.0845 e. The fourth-order valence-corrected chi connectivity index (χ4v) is 1.67. The van der Waals surface area contributed by atoms with Gasteiger partial charge in [-0.25, -0.2) is 0 Å². The first-order valence-corrected chi connectivity index (χ1v) is 4.24. The minimum atomic E-state index is 0.939. The Bertz CT molecular complexity index is 168. The predicted molar refractivity (Wildman–Crippen MR) is 44.9 cm³/mol. The average Bonchev–Trinajstić information content (AvgIpc) is 2.38. The van der Waals surface area contributed by atoms with Crippen LogP contribution in [0, 0.1) is 0 Å². The van der Waals surface area contributed by atoms with E-state index in [-0.39, 0.29) is 0 Å². The second-order valence-electron chi connectivity index (χ2n) is 3.29. The minimum absolute atomic E-state index is 0.939. The van der Waals surface area contributed by atoms with Gasteiger partial charge in [0.25, 0.3) is 0 Å². The molecule has 3 heteroatoms. The van der Waals surface area contributed by atoms with E-state index in [1.54, 1.807) is 0 Å². The predicted octanol–water partition coefficient (Wildman–Crippen LogP) is 0.0739. The van der Waals surface area contributed by atoms with E-state index in [0.29, 0.717) is 0 Å². The van der Waals surface area contributed by atoms with Crippen molar-refractivity contribution in [3.8, 4) is 0 Å². The van der Waals surface area contributed by atoms with E-state index >= 15 is 0 Å². The molecule has 2 rings (SSSR count). The normalized spacial score (nSPS) is 25.5. The van der Waals surface area contributed by atoms with Gasteiger partial charge in [0.2, 0.25) is 0 Å². The molecule has 0 aromatic heterocycles. The van der Waals surface area contributed by atoms with Gasteiger partial charge in [-0.05, 0) is 7.05 Å². The standard InChI is InChI=1S/C8H15N3/c1-11-4-2-7-8(3-5-11)10-6-9-7/h9-10H,2-6H2,1H3. The summed E-state index contributed by atoms with van der Waals surface area (Å²) in [6.07, 6.45) is 2.36. The van der Waals surface area contributed by atoms with Crippen LogP contribution in [0.1, 0.15) is 12.8 Å². The highest BCUT2D eigenvalue weighted by molar-refractivity contribution is 5.17. The third-order valence-electron chi connectivity index (χ3n) is 2.45. The average molecular weight is 153 g/mol. The topological polar surface area (TPSA) is 27.3 Å². The number of hydrogen-bond donors (Lipinski definition) is 2. The fourth-order valence-electron chi connectivity index (χ4n) is 1.67. The summed E-state index contributed by atoms with van der Waals surface area (Å²) in [6.45, 7) is 3.31. The molecule has 0 saturated carbocycles. The van der Waals surface area contributed by atoms with Gasteiger partial charge in [0.05, 0.1) is 6.67 Å². The Morgan fingerprint density at radius 2 is 1.64 bits per heavy atom. The van der Waals surface area contributed by atoms with Gasteiger partial charge in [0.15, 0.2) is 0 Å². The van der Waals surface area contributed by atoms with Crippen molar-refractivity contribution in [3.63, 3.8) is 0 Å². The van der Waals surface area contributed by atoms with Gasteiger partial charge in [0.1, 0.15) is 0 Å². The Balaban J connectivity index is 2.06. The van der Waals surface area contributed by atoms with Gasteiger partial charge < -0.3 is 15.5 Å². The number of hydrogen-bond acceptors (Lipinski definition) is 3. The monoisotopic (exact) mass is 153 g/mol. The lowest BCUT2D eigenvalue weighted by molar-refractivity contribution is 0.346. The van der Waals surface area contributed by atoms with Crippen LogP contribution in [0.5, 0.6) is 0 Å². The third-order valence-corrected chi connectivity index (χ3v) is 2.45. The van der Waals surface area contributed by atoms with Gasteiger partial charge in [-0.15, -0.1) is 0 Å². The van der Waals surface area contributed by atoms with Crippen LogP contribution in [0.25, 0.3) is 0 Å². The van der Waals surface area contributed by atoms with Crippen molar-refractivity contribution in [3.05, 3.63) is 11.4 Å². The molecule has 0 aliphatic carbocycles. The Hall–Kier alpha value is -0.700. The summed E-state index contributed by atoms with van der Waals surface area (Å²) in [6, 6.07) is 0. The molecule has 0 aromatic rings. The molecule has 0 unspecified atom stereocenters. The molecule has 3 nitrogen and oxygen atoms in total. The van der Waals surface area contributed by atoms with Gasteiger partial charge in [-0.2, -0.15) is 0 Å². The van der Waals surface area contributed by atoms with Crippen molar-refractivity contribution in [1.29, 1.82) is 0 Å². The van der Waals surface area contributed by atoms with Gasteiger partial charge in [-0.3, -0.25) is 0 Å². The Kier molecular flexibility index (Phi) is 1.74. The summed E-state index contributed by atoms with van der Waals surface area (Å²) >= 11 is 0. The maximum Gasteiger partial charge on any atom is 0.0845 e. The highest BCUT2D eigenvalue weighted by atomic mass is 15.2. The lowest BCUT2D eigenvalue weighted by atomic mass is 10.2. The first-order chi connectivity index (χ1) is 5.36. The molecular weight excluding hydrogens is 138 g/mol. The maximum absolute atomic E-state index is 3.36. The second kappa shape index (κ2) is 2.74. The summed E-state index contributed by atoms with van der Waals surface area (Å²) < 4.78 is 0. The largest absolute Gasteiger partial charge is 0.370 e. The number of nitrogens with one attached hydrogen (secondary N) is 2. The van der Waals surface area contributed by atoms with E-state index < -0.39 is 0 Å². The SMILES string of the molecule is CN1CCC2=C(CC1)NCN2.